The van der Waals surface area contributed by atoms with Gasteiger partial charge < -0.3 is 15.5 Å². The predicted octanol–water partition coefficient (Wildman–Crippen LogP) is 3.22. The average molecular weight is 403 g/mol. The molecule has 1 saturated heterocycles. The molecule has 5 nitrogen and oxygen atoms in total. The third kappa shape index (κ3) is 6.98. The molecule has 0 aromatic heterocycles. The number of halogens is 2. The Morgan fingerprint density at radius 2 is 1.80 bits per heavy atom. The summed E-state index contributed by atoms with van der Waals surface area (Å²) in [5.74, 6) is 0.0937. The van der Waals surface area contributed by atoms with Crippen molar-refractivity contribution in [3.63, 3.8) is 0 Å². The SMILES string of the molecule is CCCCNC(=O)CN1CCN(C(=S)Nc2cc(Cl)cc(Cl)c2)CC1. The molecule has 0 atom stereocenters. The molecule has 1 aliphatic heterocycles. The van der Waals surface area contributed by atoms with Gasteiger partial charge in [0.15, 0.2) is 5.11 Å². The summed E-state index contributed by atoms with van der Waals surface area (Å²) in [6, 6.07) is 5.26. The molecule has 0 unspecified atom stereocenters. The number of rotatable bonds is 6. The van der Waals surface area contributed by atoms with Gasteiger partial charge in [-0.05, 0) is 36.8 Å². The highest BCUT2D eigenvalue weighted by atomic mass is 35.5. The largest absolute Gasteiger partial charge is 0.355 e. The number of nitrogens with zero attached hydrogens (tertiary/aromatic N) is 2. The number of nitrogens with one attached hydrogen (secondary N) is 2. The highest BCUT2D eigenvalue weighted by molar-refractivity contribution is 7.80. The number of unbranched alkanes of at least 4 members (excludes halogenated alkanes) is 1. The first-order valence-electron chi connectivity index (χ1n) is 8.49. The fraction of sp³-hybridized carbons (Fsp3) is 0.529. The Hall–Kier alpha value is -1.08. The van der Waals surface area contributed by atoms with Gasteiger partial charge in [-0.1, -0.05) is 36.5 Å². The Kier molecular flexibility index (Phi) is 8.22. The second kappa shape index (κ2) is 10.2. The minimum Gasteiger partial charge on any atom is -0.355 e. The Balaban J connectivity index is 1.75. The molecule has 0 spiro atoms. The summed E-state index contributed by atoms with van der Waals surface area (Å²) in [6.45, 7) is 6.48. The quantitative estimate of drug-likeness (QED) is 0.564. The van der Waals surface area contributed by atoms with Crippen LogP contribution in [-0.4, -0.2) is 60.1 Å². The van der Waals surface area contributed by atoms with Crippen LogP contribution in [0.4, 0.5) is 5.69 Å². The van der Waals surface area contributed by atoms with E-state index in [9.17, 15) is 4.79 Å². The number of amides is 1. The first-order valence-corrected chi connectivity index (χ1v) is 9.65. The molecule has 1 fully saturated rings. The van der Waals surface area contributed by atoms with E-state index in [2.05, 4.69) is 27.4 Å². The van der Waals surface area contributed by atoms with Gasteiger partial charge in [0, 0.05) is 48.5 Å². The number of hydrogen-bond donors (Lipinski definition) is 2. The van der Waals surface area contributed by atoms with E-state index in [1.807, 2.05) is 0 Å². The van der Waals surface area contributed by atoms with E-state index in [0.717, 1.165) is 51.3 Å². The van der Waals surface area contributed by atoms with Crippen molar-refractivity contribution in [1.82, 2.24) is 15.1 Å². The van der Waals surface area contributed by atoms with Crippen LogP contribution >= 0.6 is 35.4 Å². The van der Waals surface area contributed by atoms with Crippen LogP contribution in [0.25, 0.3) is 0 Å². The lowest BCUT2D eigenvalue weighted by molar-refractivity contribution is -0.122. The van der Waals surface area contributed by atoms with E-state index in [0.29, 0.717) is 21.7 Å². The van der Waals surface area contributed by atoms with Crippen LogP contribution in [-0.2, 0) is 4.79 Å². The monoisotopic (exact) mass is 402 g/mol. The van der Waals surface area contributed by atoms with Crippen molar-refractivity contribution in [3.05, 3.63) is 28.2 Å². The minimum atomic E-state index is 0.0937. The first kappa shape index (κ1) is 20.2. The molecule has 1 aromatic rings. The van der Waals surface area contributed by atoms with Gasteiger partial charge >= 0.3 is 0 Å². The third-order valence-corrected chi connectivity index (χ3v) is 4.79. The molecule has 0 radical (unpaired) electrons. The number of carbonyl (C=O) groups excluding carboxylic acids is 1. The molecule has 2 N–H and O–H groups in total. The van der Waals surface area contributed by atoms with Crippen molar-refractivity contribution in [2.75, 3.05) is 44.6 Å². The number of benzene rings is 1. The zero-order chi connectivity index (χ0) is 18.2. The summed E-state index contributed by atoms with van der Waals surface area (Å²) < 4.78 is 0. The fourth-order valence-electron chi connectivity index (χ4n) is 2.60. The van der Waals surface area contributed by atoms with Crippen molar-refractivity contribution >= 4 is 52.1 Å². The van der Waals surface area contributed by atoms with Crippen molar-refractivity contribution < 1.29 is 4.79 Å². The first-order chi connectivity index (χ1) is 12.0. The van der Waals surface area contributed by atoms with Gasteiger partial charge in [0.05, 0.1) is 6.54 Å². The van der Waals surface area contributed by atoms with E-state index in [1.165, 1.54) is 0 Å². The molecule has 1 heterocycles. The maximum atomic E-state index is 11.9. The molecule has 1 amide bonds. The van der Waals surface area contributed by atoms with Gasteiger partial charge in [0.25, 0.3) is 0 Å². The molecule has 8 heteroatoms. The molecule has 0 bridgehead atoms. The molecular formula is C17H24Cl2N4OS. The lowest BCUT2D eigenvalue weighted by Gasteiger charge is -2.35. The summed E-state index contributed by atoms with van der Waals surface area (Å²) >= 11 is 17.5. The topological polar surface area (TPSA) is 47.6 Å². The summed E-state index contributed by atoms with van der Waals surface area (Å²) in [4.78, 5) is 16.1. The lowest BCUT2D eigenvalue weighted by atomic mass is 10.3. The predicted molar refractivity (Wildman–Crippen MR) is 109 cm³/mol. The van der Waals surface area contributed by atoms with Crippen LogP contribution < -0.4 is 10.6 Å². The Labute approximate surface area is 164 Å². The molecule has 0 saturated carbocycles. The second-order valence-corrected chi connectivity index (χ2v) is 7.31. The highest BCUT2D eigenvalue weighted by Gasteiger charge is 2.20. The van der Waals surface area contributed by atoms with Crippen LogP contribution in [0, 0.1) is 0 Å². The molecular weight excluding hydrogens is 379 g/mol. The maximum Gasteiger partial charge on any atom is 0.234 e. The van der Waals surface area contributed by atoms with Gasteiger partial charge in [-0.15, -0.1) is 0 Å². The van der Waals surface area contributed by atoms with Crippen LogP contribution in [0.5, 0.6) is 0 Å². The number of piperazine rings is 1. The van der Waals surface area contributed by atoms with Crippen LogP contribution in [0.15, 0.2) is 18.2 Å². The molecule has 1 aromatic carbocycles. The Morgan fingerprint density at radius 1 is 1.16 bits per heavy atom. The average Bonchev–Trinajstić information content (AvgIpc) is 2.54. The lowest BCUT2D eigenvalue weighted by Crippen LogP contribution is -2.52. The number of anilines is 1. The Bertz CT molecular complexity index is 586. The van der Waals surface area contributed by atoms with E-state index < -0.39 is 0 Å². The standard InChI is InChI=1S/C17H24Cl2N4OS/c1-2-3-4-20-16(24)12-22-5-7-23(8-6-22)17(25)21-15-10-13(18)9-14(19)11-15/h9-11H,2-8,12H2,1H3,(H,20,24)(H,21,25). The van der Waals surface area contributed by atoms with Gasteiger partial charge in [-0.3, -0.25) is 9.69 Å². The summed E-state index contributed by atoms with van der Waals surface area (Å²) in [6.07, 6.45) is 2.11. The third-order valence-electron chi connectivity index (χ3n) is 3.99. The number of thiocarbonyl (C=S) groups is 1. The highest BCUT2D eigenvalue weighted by Crippen LogP contribution is 2.22. The van der Waals surface area contributed by atoms with Crippen molar-refractivity contribution in [2.24, 2.45) is 0 Å². The van der Waals surface area contributed by atoms with Crippen molar-refractivity contribution in [2.45, 2.75) is 19.8 Å². The normalized spacial score (nSPS) is 15.1. The summed E-state index contributed by atoms with van der Waals surface area (Å²) in [7, 11) is 0. The van der Waals surface area contributed by atoms with E-state index in [4.69, 9.17) is 35.4 Å². The zero-order valence-electron chi connectivity index (χ0n) is 14.4. The number of carbonyl (C=O) groups is 1. The van der Waals surface area contributed by atoms with Crippen LogP contribution in [0.1, 0.15) is 19.8 Å². The van der Waals surface area contributed by atoms with Crippen molar-refractivity contribution in [3.8, 4) is 0 Å². The smallest absolute Gasteiger partial charge is 0.234 e. The Morgan fingerprint density at radius 3 is 2.40 bits per heavy atom. The zero-order valence-corrected chi connectivity index (χ0v) is 16.7. The molecule has 0 aliphatic carbocycles. The van der Waals surface area contributed by atoms with Crippen molar-refractivity contribution in [1.29, 1.82) is 0 Å². The van der Waals surface area contributed by atoms with Gasteiger partial charge in [-0.25, -0.2) is 0 Å². The second-order valence-electron chi connectivity index (χ2n) is 6.05. The number of hydrogen-bond acceptors (Lipinski definition) is 3. The van der Waals surface area contributed by atoms with Crippen LogP contribution in [0.2, 0.25) is 10.0 Å². The van der Waals surface area contributed by atoms with Gasteiger partial charge in [0.2, 0.25) is 5.91 Å². The molecule has 25 heavy (non-hydrogen) atoms. The van der Waals surface area contributed by atoms with Crippen LogP contribution in [0.3, 0.4) is 0 Å². The summed E-state index contributed by atoms with van der Waals surface area (Å²) in [5.41, 5.74) is 0.778. The van der Waals surface area contributed by atoms with E-state index in [1.54, 1.807) is 18.2 Å². The molecule has 2 rings (SSSR count). The molecule has 1 aliphatic rings. The maximum absolute atomic E-state index is 11.9. The fourth-order valence-corrected chi connectivity index (χ4v) is 3.43. The van der Waals surface area contributed by atoms with E-state index in [-0.39, 0.29) is 5.91 Å². The van der Waals surface area contributed by atoms with Gasteiger partial charge in [0.1, 0.15) is 0 Å². The minimum absolute atomic E-state index is 0.0937. The van der Waals surface area contributed by atoms with E-state index >= 15 is 0 Å². The molecule has 138 valence electrons. The van der Waals surface area contributed by atoms with Gasteiger partial charge in [-0.2, -0.15) is 0 Å². The summed E-state index contributed by atoms with van der Waals surface area (Å²) in [5, 5.41) is 7.90.